The van der Waals surface area contributed by atoms with Crippen LogP contribution in [0.25, 0.3) is 11.2 Å². The minimum absolute atomic E-state index is 0. The number of hydrogen-bond acceptors (Lipinski definition) is 3. The number of aromatic amines is 3. The fourth-order valence-corrected chi connectivity index (χ4v) is 0.867. The van der Waals surface area contributed by atoms with E-state index in [-0.39, 0.29) is 62.1 Å². The van der Waals surface area contributed by atoms with Gasteiger partial charge in [0.15, 0.2) is 5.65 Å². The maximum Gasteiger partial charge on any atom is 2.00 e. The van der Waals surface area contributed by atoms with Crippen molar-refractivity contribution in [2.24, 2.45) is 0 Å². The topological polar surface area (TPSA) is 123 Å². The molecule has 2 heterocycles. The summed E-state index contributed by atoms with van der Waals surface area (Å²) < 4.78 is 0. The maximum absolute atomic E-state index is 10.9. The van der Waals surface area contributed by atoms with Crippen molar-refractivity contribution in [2.75, 3.05) is 0 Å². The summed E-state index contributed by atoms with van der Waals surface area (Å²) >= 11 is 0. The van der Waals surface area contributed by atoms with Gasteiger partial charge in [0.2, 0.25) is 0 Å². The van der Waals surface area contributed by atoms with E-state index in [2.05, 4.69) is 19.9 Å². The molecule has 13 heavy (non-hydrogen) atoms. The van der Waals surface area contributed by atoms with E-state index in [0.717, 1.165) is 0 Å². The number of fused-ring (bicyclic) bond motifs is 1. The Bertz CT molecular complexity index is 498. The van der Waals surface area contributed by atoms with E-state index in [0.29, 0.717) is 0 Å². The second-order valence-corrected chi connectivity index (χ2v) is 2.03. The van der Waals surface area contributed by atoms with Crippen molar-refractivity contribution >= 4 is 56.6 Å². The predicted octanol–water partition coefficient (Wildman–Crippen LogP) is -1.56. The molecule has 0 aliphatic heterocycles. The number of imidazole rings is 1. The third kappa shape index (κ3) is 2.29. The molecule has 8 heteroatoms. The third-order valence-electron chi connectivity index (χ3n) is 1.33. The molecule has 0 aliphatic rings. The molecule has 0 spiro atoms. The summed E-state index contributed by atoms with van der Waals surface area (Å²) in [5, 5.41) is 0. The van der Waals surface area contributed by atoms with Gasteiger partial charge >= 0.3 is 51.2 Å². The van der Waals surface area contributed by atoms with E-state index in [4.69, 9.17) is 0 Å². The van der Waals surface area contributed by atoms with Crippen LogP contribution in [0.5, 0.6) is 0 Å². The molecule has 0 radical (unpaired) electrons. The fraction of sp³-hybridized carbons (Fsp3) is 0. The molecular formula is C5H4N4O3Sr. The Balaban J connectivity index is 0.000000720. The molecule has 2 rings (SSSR count). The molecule has 3 N–H and O–H groups in total. The summed E-state index contributed by atoms with van der Waals surface area (Å²) in [7, 11) is 0. The zero-order valence-electron chi connectivity index (χ0n) is 6.46. The molecule has 0 aliphatic carbocycles. The number of hydrogen-bond donors (Lipinski definition) is 3. The van der Waals surface area contributed by atoms with Crippen LogP contribution in [0, 0.1) is 0 Å². The first-order valence-electron chi connectivity index (χ1n) is 2.93. The molecule has 0 atom stereocenters. The maximum atomic E-state index is 10.9. The van der Waals surface area contributed by atoms with Crippen molar-refractivity contribution in [1.82, 2.24) is 19.9 Å². The summed E-state index contributed by atoms with van der Waals surface area (Å²) in [4.78, 5) is 32.3. The first-order valence-corrected chi connectivity index (χ1v) is 2.93. The monoisotopic (exact) mass is 256 g/mol. The predicted molar refractivity (Wildman–Crippen MR) is 43.8 cm³/mol. The van der Waals surface area contributed by atoms with Crippen molar-refractivity contribution in [2.45, 2.75) is 0 Å². The smallest absolute Gasteiger partial charge is 2.00 e. The molecule has 2 aromatic heterocycles. The van der Waals surface area contributed by atoms with E-state index in [9.17, 15) is 9.59 Å². The Morgan fingerprint density at radius 3 is 2.62 bits per heavy atom. The summed E-state index contributed by atoms with van der Waals surface area (Å²) in [6, 6.07) is 0. The Morgan fingerprint density at radius 1 is 1.23 bits per heavy atom. The molecule has 0 unspecified atom stereocenters. The molecule has 0 fully saturated rings. The van der Waals surface area contributed by atoms with Crippen LogP contribution in [0.2, 0.25) is 0 Å². The largest absolute Gasteiger partial charge is 2.00 e. The quantitative estimate of drug-likeness (QED) is 0.493. The molecule has 64 valence electrons. The van der Waals surface area contributed by atoms with Crippen LogP contribution >= 0.6 is 0 Å². The van der Waals surface area contributed by atoms with Crippen LogP contribution in [0.4, 0.5) is 0 Å². The van der Waals surface area contributed by atoms with Crippen molar-refractivity contribution < 1.29 is 5.48 Å². The molecule has 0 saturated carbocycles. The Labute approximate surface area is 108 Å². The third-order valence-corrected chi connectivity index (χ3v) is 1.33. The van der Waals surface area contributed by atoms with E-state index in [1.165, 1.54) is 6.33 Å². The van der Waals surface area contributed by atoms with Crippen LogP contribution < -0.4 is 11.2 Å². The van der Waals surface area contributed by atoms with Gasteiger partial charge in [-0.05, 0) is 0 Å². The number of nitrogens with one attached hydrogen (secondary N) is 3. The van der Waals surface area contributed by atoms with E-state index >= 15 is 0 Å². The standard InChI is InChI=1S/C5H4N4O2.O.Sr/c10-4-2-3(7-1-6-2)8-5(11)9-4;;/h1H,(H3,6,7,8,9,10,11);;/q;-2;+2. The minimum atomic E-state index is -0.547. The van der Waals surface area contributed by atoms with Crippen LogP contribution in [0.3, 0.4) is 0 Å². The normalized spacial score (nSPS) is 8.92. The summed E-state index contributed by atoms with van der Waals surface area (Å²) in [5.41, 5.74) is -0.445. The van der Waals surface area contributed by atoms with Gasteiger partial charge in [-0.2, -0.15) is 0 Å². The average Bonchev–Trinajstić information content (AvgIpc) is 2.34. The first-order chi connectivity index (χ1) is 5.27. The number of nitrogens with zero attached hydrogens (tertiary/aromatic N) is 1. The zero-order valence-corrected chi connectivity index (χ0v) is 9.93. The summed E-state index contributed by atoms with van der Waals surface area (Å²) in [6.45, 7) is 0. The van der Waals surface area contributed by atoms with Gasteiger partial charge in [0.05, 0.1) is 6.33 Å². The van der Waals surface area contributed by atoms with Gasteiger partial charge in [0.1, 0.15) is 5.52 Å². The van der Waals surface area contributed by atoms with Crippen LogP contribution in [-0.4, -0.2) is 65.4 Å². The SMILES string of the molecule is O=c1[nH]c(=O)c2[nH]cnc2[nH]1.[O-2].[Sr+2]. The van der Waals surface area contributed by atoms with E-state index in [1.807, 2.05) is 0 Å². The Kier molecular flexibility index (Phi) is 4.57. The number of aromatic nitrogens is 4. The molecule has 0 bridgehead atoms. The van der Waals surface area contributed by atoms with Gasteiger partial charge in [-0.1, -0.05) is 0 Å². The van der Waals surface area contributed by atoms with Gasteiger partial charge in [0.25, 0.3) is 5.56 Å². The van der Waals surface area contributed by atoms with Gasteiger partial charge in [-0.15, -0.1) is 0 Å². The zero-order chi connectivity index (χ0) is 7.84. The molecule has 0 saturated heterocycles. The number of rotatable bonds is 0. The van der Waals surface area contributed by atoms with Crippen molar-refractivity contribution in [3.8, 4) is 0 Å². The molecule has 0 aromatic carbocycles. The average molecular weight is 256 g/mol. The second kappa shape index (κ2) is 4.72. The molecule has 2 aromatic rings. The molecular weight excluding hydrogens is 252 g/mol. The first kappa shape index (κ1) is 12.6. The van der Waals surface area contributed by atoms with Gasteiger partial charge in [0, 0.05) is 0 Å². The van der Waals surface area contributed by atoms with Crippen LogP contribution in [-0.2, 0) is 5.48 Å². The molecule has 7 nitrogen and oxygen atoms in total. The minimum Gasteiger partial charge on any atom is -2.00 e. The van der Waals surface area contributed by atoms with Gasteiger partial charge in [-0.25, -0.2) is 9.78 Å². The Morgan fingerprint density at radius 2 is 1.92 bits per heavy atom. The van der Waals surface area contributed by atoms with Crippen molar-refractivity contribution in [3.63, 3.8) is 0 Å². The van der Waals surface area contributed by atoms with Gasteiger partial charge in [-0.3, -0.25) is 14.8 Å². The fourth-order valence-electron chi connectivity index (χ4n) is 0.867. The number of H-pyrrole nitrogens is 3. The van der Waals surface area contributed by atoms with Gasteiger partial charge < -0.3 is 10.5 Å². The Hall–Kier alpha value is -0.409. The second-order valence-electron chi connectivity index (χ2n) is 2.03. The molecule has 0 amide bonds. The van der Waals surface area contributed by atoms with E-state index in [1.54, 1.807) is 0 Å². The summed E-state index contributed by atoms with van der Waals surface area (Å²) in [6.07, 6.45) is 1.34. The van der Waals surface area contributed by atoms with E-state index < -0.39 is 11.2 Å². The van der Waals surface area contributed by atoms with Crippen molar-refractivity contribution in [3.05, 3.63) is 27.2 Å². The summed E-state index contributed by atoms with van der Waals surface area (Å²) in [5.74, 6) is 0. The van der Waals surface area contributed by atoms with Crippen LogP contribution in [0.1, 0.15) is 0 Å². The van der Waals surface area contributed by atoms with Crippen molar-refractivity contribution in [1.29, 1.82) is 0 Å². The van der Waals surface area contributed by atoms with Crippen LogP contribution in [0.15, 0.2) is 15.9 Å².